The third-order valence-electron chi connectivity index (χ3n) is 6.17. The van der Waals surface area contributed by atoms with E-state index in [0.717, 1.165) is 34.7 Å². The van der Waals surface area contributed by atoms with Crippen molar-refractivity contribution >= 4 is 40.8 Å². The lowest BCUT2D eigenvalue weighted by atomic mass is 9.89. The minimum atomic E-state index is -1.31. The van der Waals surface area contributed by atoms with E-state index in [1.807, 2.05) is 36.4 Å². The van der Waals surface area contributed by atoms with Gasteiger partial charge in [-0.15, -0.1) is 11.3 Å². The molecule has 7 nitrogen and oxygen atoms in total. The summed E-state index contributed by atoms with van der Waals surface area (Å²) in [5, 5.41) is 0.518. The van der Waals surface area contributed by atoms with Gasteiger partial charge in [-0.25, -0.2) is 4.39 Å². The number of halogens is 2. The molecule has 0 spiro atoms. The second-order valence-corrected chi connectivity index (χ2v) is 10.7. The largest absolute Gasteiger partial charge is 0.456 e. The Balaban J connectivity index is 1.68. The summed E-state index contributed by atoms with van der Waals surface area (Å²) >= 11 is 8.20. The van der Waals surface area contributed by atoms with Crippen LogP contribution in [0.2, 0.25) is 5.02 Å². The molecule has 0 N–H and O–H groups in total. The molecule has 1 aromatic heterocycles. The third kappa shape index (κ3) is 7.03. The maximum absolute atomic E-state index is 14.2. The van der Waals surface area contributed by atoms with E-state index >= 15 is 0 Å². The molecule has 2 aromatic carbocycles. The number of benzene rings is 2. The van der Waals surface area contributed by atoms with Crippen LogP contribution < -0.4 is 0 Å². The highest BCUT2D eigenvalue weighted by Crippen LogP contribution is 2.39. The summed E-state index contributed by atoms with van der Waals surface area (Å²) < 4.78 is 36.4. The maximum Gasteiger partial charge on any atom is 0.303 e. The molecular formula is C29H28ClFO7S. The molecule has 1 saturated heterocycles. The minimum Gasteiger partial charge on any atom is -0.456 e. The van der Waals surface area contributed by atoms with Crippen LogP contribution in [-0.4, -0.2) is 49.0 Å². The molecule has 0 saturated carbocycles. The van der Waals surface area contributed by atoms with Gasteiger partial charge < -0.3 is 18.9 Å². The predicted molar refractivity (Wildman–Crippen MR) is 144 cm³/mol. The van der Waals surface area contributed by atoms with E-state index in [1.54, 1.807) is 29.5 Å². The summed E-state index contributed by atoms with van der Waals surface area (Å²) in [5.41, 5.74) is 2.44. The molecule has 0 bridgehead atoms. The monoisotopic (exact) mass is 574 g/mol. The lowest BCUT2D eigenvalue weighted by Gasteiger charge is -2.44. The summed E-state index contributed by atoms with van der Waals surface area (Å²) in [6, 6.07) is 19.3. The molecule has 10 heteroatoms. The number of carbonyl (C=O) groups is 3. The molecule has 1 aliphatic heterocycles. The number of ether oxygens (including phenoxy) is 4. The number of rotatable bonds is 8. The second-order valence-electron chi connectivity index (χ2n) is 9.13. The van der Waals surface area contributed by atoms with E-state index in [-0.39, 0.29) is 0 Å². The molecule has 39 heavy (non-hydrogen) atoms. The number of hydrogen-bond acceptors (Lipinski definition) is 8. The van der Waals surface area contributed by atoms with Crippen molar-refractivity contribution in [3.8, 4) is 10.4 Å². The van der Waals surface area contributed by atoms with Gasteiger partial charge in [0.2, 0.25) is 0 Å². The van der Waals surface area contributed by atoms with Crippen LogP contribution in [0, 0.1) is 0 Å². The Morgan fingerprint density at radius 3 is 2.15 bits per heavy atom. The van der Waals surface area contributed by atoms with E-state index < -0.39 is 55.1 Å². The molecule has 5 atom stereocenters. The predicted octanol–water partition coefficient (Wildman–Crippen LogP) is 5.86. The fourth-order valence-electron chi connectivity index (χ4n) is 4.61. The van der Waals surface area contributed by atoms with Crippen molar-refractivity contribution in [3.05, 3.63) is 81.7 Å². The topological polar surface area (TPSA) is 88.1 Å². The molecule has 3 aromatic rings. The molecule has 4 rings (SSSR count). The van der Waals surface area contributed by atoms with Gasteiger partial charge in [-0.1, -0.05) is 54.1 Å². The van der Waals surface area contributed by atoms with Crippen LogP contribution in [0.4, 0.5) is 4.39 Å². The Bertz CT molecular complexity index is 1330. The van der Waals surface area contributed by atoms with E-state index in [0.29, 0.717) is 17.0 Å². The molecule has 1 fully saturated rings. The van der Waals surface area contributed by atoms with Crippen LogP contribution in [0.5, 0.6) is 0 Å². The number of esters is 3. The van der Waals surface area contributed by atoms with Crippen molar-refractivity contribution in [2.75, 3.05) is 6.67 Å². The summed E-state index contributed by atoms with van der Waals surface area (Å²) in [5.74, 6) is -2.11. The van der Waals surface area contributed by atoms with Gasteiger partial charge in [-0.3, -0.25) is 14.4 Å². The van der Waals surface area contributed by atoms with Gasteiger partial charge in [0.1, 0.15) is 18.9 Å². The van der Waals surface area contributed by atoms with Crippen LogP contribution >= 0.6 is 22.9 Å². The van der Waals surface area contributed by atoms with Crippen LogP contribution in [-0.2, 0) is 39.8 Å². The van der Waals surface area contributed by atoms with Crippen molar-refractivity contribution < 1.29 is 37.7 Å². The zero-order valence-electron chi connectivity index (χ0n) is 21.6. The summed E-state index contributed by atoms with van der Waals surface area (Å²) in [6.07, 6.45) is -5.58. The molecule has 1 unspecified atom stereocenters. The highest BCUT2D eigenvalue weighted by molar-refractivity contribution is 7.15. The minimum absolute atomic E-state index is 0.518. The Kier molecular flexibility index (Phi) is 9.37. The van der Waals surface area contributed by atoms with Gasteiger partial charge in [0.05, 0.1) is 0 Å². The van der Waals surface area contributed by atoms with Gasteiger partial charge in [-0.2, -0.15) is 0 Å². The highest BCUT2D eigenvalue weighted by Gasteiger charge is 2.52. The SMILES string of the molecule is CC(=O)O[C@H]1[C@H](OC(C)=O)[C@@H](CF)OC(c2ccc(Cl)c(Cc3ccc(-c4ccccc4)s3)c2)[C@H]1OC(C)=O. The van der Waals surface area contributed by atoms with Crippen molar-refractivity contribution in [2.45, 2.75) is 57.7 Å². The lowest BCUT2D eigenvalue weighted by molar-refractivity contribution is -0.250. The fraction of sp³-hybridized carbons (Fsp3) is 0.345. The quantitative estimate of drug-likeness (QED) is 0.246. The smallest absolute Gasteiger partial charge is 0.303 e. The normalized spacial score (nSPS) is 22.6. The maximum atomic E-state index is 14.2. The average Bonchev–Trinajstić information content (AvgIpc) is 3.36. The highest BCUT2D eigenvalue weighted by atomic mass is 35.5. The van der Waals surface area contributed by atoms with Crippen LogP contribution in [0.1, 0.15) is 42.9 Å². The molecule has 0 aliphatic carbocycles. The first-order valence-corrected chi connectivity index (χ1v) is 13.5. The van der Waals surface area contributed by atoms with Gasteiger partial charge in [0.15, 0.2) is 18.3 Å². The number of carbonyl (C=O) groups excluding carboxylic acids is 3. The lowest BCUT2D eigenvalue weighted by Crippen LogP contribution is -2.59. The molecular weight excluding hydrogens is 547 g/mol. The van der Waals surface area contributed by atoms with Crippen LogP contribution in [0.3, 0.4) is 0 Å². The summed E-state index contributed by atoms with van der Waals surface area (Å²) in [7, 11) is 0. The van der Waals surface area contributed by atoms with E-state index in [9.17, 15) is 18.8 Å². The Hall–Kier alpha value is -3.27. The Labute approximate surface area is 234 Å². The fourth-order valence-corrected chi connectivity index (χ4v) is 5.83. The molecule has 0 amide bonds. The molecule has 1 aliphatic rings. The zero-order chi connectivity index (χ0) is 28.1. The second kappa shape index (κ2) is 12.7. The standard InChI is InChI=1S/C29H28ClFO7S/c1-16(32)35-27-24(15-31)38-26(28(36-17(2)33)29(27)37-18(3)34)20-9-11-23(30)21(13-20)14-22-10-12-25(39-22)19-7-5-4-6-8-19/h4-13,24,26-29H,14-15H2,1-3H3/t24-,26?,27-,28-,29+/m1/s1. The first kappa shape index (κ1) is 28.7. The van der Waals surface area contributed by atoms with E-state index in [1.165, 1.54) is 6.92 Å². The average molecular weight is 575 g/mol. The van der Waals surface area contributed by atoms with Crippen molar-refractivity contribution in [1.82, 2.24) is 0 Å². The zero-order valence-corrected chi connectivity index (χ0v) is 23.2. The first-order chi connectivity index (χ1) is 18.7. The molecule has 0 radical (unpaired) electrons. The first-order valence-electron chi connectivity index (χ1n) is 12.3. The third-order valence-corrected chi connectivity index (χ3v) is 7.68. The Morgan fingerprint density at radius 1 is 0.872 bits per heavy atom. The van der Waals surface area contributed by atoms with Crippen LogP contribution in [0.25, 0.3) is 10.4 Å². The van der Waals surface area contributed by atoms with Gasteiger partial charge in [-0.05, 0) is 34.9 Å². The molecule has 2 heterocycles. The van der Waals surface area contributed by atoms with Crippen molar-refractivity contribution in [1.29, 1.82) is 0 Å². The number of thiophene rings is 1. The van der Waals surface area contributed by atoms with Gasteiger partial charge in [0.25, 0.3) is 0 Å². The van der Waals surface area contributed by atoms with Crippen molar-refractivity contribution in [2.24, 2.45) is 0 Å². The van der Waals surface area contributed by atoms with Gasteiger partial charge in [0, 0.05) is 42.0 Å². The number of alkyl halides is 1. The van der Waals surface area contributed by atoms with Gasteiger partial charge >= 0.3 is 17.9 Å². The van der Waals surface area contributed by atoms with E-state index in [2.05, 4.69) is 6.07 Å². The summed E-state index contributed by atoms with van der Waals surface area (Å²) in [6.45, 7) is 2.47. The van der Waals surface area contributed by atoms with Crippen molar-refractivity contribution in [3.63, 3.8) is 0 Å². The summed E-state index contributed by atoms with van der Waals surface area (Å²) in [4.78, 5) is 38.0. The molecule has 206 valence electrons. The van der Waals surface area contributed by atoms with Crippen LogP contribution in [0.15, 0.2) is 60.7 Å². The van der Waals surface area contributed by atoms with E-state index in [4.69, 9.17) is 30.5 Å². The Morgan fingerprint density at radius 2 is 1.51 bits per heavy atom. The number of hydrogen-bond donors (Lipinski definition) is 0.